The van der Waals surface area contributed by atoms with Gasteiger partial charge < -0.3 is 9.47 Å². The number of ether oxygens (including phenoxy) is 2. The van der Waals surface area contributed by atoms with Crippen LogP contribution in [0.5, 0.6) is 0 Å². The van der Waals surface area contributed by atoms with E-state index in [-0.39, 0.29) is 6.61 Å². The SMILES string of the molecule is CCOC(=O)OCC#Cc1cccc(C)c1. The van der Waals surface area contributed by atoms with Gasteiger partial charge in [0.2, 0.25) is 0 Å². The van der Waals surface area contributed by atoms with E-state index in [1.54, 1.807) is 6.92 Å². The molecule has 0 spiro atoms. The van der Waals surface area contributed by atoms with Crippen molar-refractivity contribution in [2.45, 2.75) is 13.8 Å². The molecule has 0 radical (unpaired) electrons. The topological polar surface area (TPSA) is 35.5 Å². The lowest BCUT2D eigenvalue weighted by molar-refractivity contribution is 0.0687. The Hall–Kier alpha value is -1.95. The van der Waals surface area contributed by atoms with Crippen molar-refractivity contribution in [3.05, 3.63) is 35.4 Å². The highest BCUT2D eigenvalue weighted by atomic mass is 16.7. The van der Waals surface area contributed by atoms with Crippen LogP contribution in [0.25, 0.3) is 0 Å². The molecule has 0 heterocycles. The van der Waals surface area contributed by atoms with Gasteiger partial charge in [0, 0.05) is 5.56 Å². The van der Waals surface area contributed by atoms with Crippen molar-refractivity contribution in [3.8, 4) is 11.8 Å². The molecule has 0 amide bonds. The van der Waals surface area contributed by atoms with E-state index >= 15 is 0 Å². The van der Waals surface area contributed by atoms with Crippen molar-refractivity contribution in [1.82, 2.24) is 0 Å². The van der Waals surface area contributed by atoms with Gasteiger partial charge in [0.1, 0.15) is 0 Å². The lowest BCUT2D eigenvalue weighted by atomic mass is 10.1. The first-order chi connectivity index (χ1) is 7.72. The Labute approximate surface area is 95.4 Å². The highest BCUT2D eigenvalue weighted by Crippen LogP contribution is 2.01. The van der Waals surface area contributed by atoms with E-state index in [0.29, 0.717) is 6.61 Å². The molecule has 16 heavy (non-hydrogen) atoms. The van der Waals surface area contributed by atoms with Crippen LogP contribution in [0.4, 0.5) is 4.79 Å². The fourth-order valence-corrected chi connectivity index (χ4v) is 1.12. The molecule has 0 fully saturated rings. The van der Waals surface area contributed by atoms with E-state index < -0.39 is 6.16 Å². The van der Waals surface area contributed by atoms with E-state index in [9.17, 15) is 4.79 Å². The summed E-state index contributed by atoms with van der Waals surface area (Å²) in [7, 11) is 0. The van der Waals surface area contributed by atoms with Crippen LogP contribution in [-0.4, -0.2) is 19.4 Å². The van der Waals surface area contributed by atoms with Gasteiger partial charge in [-0.25, -0.2) is 4.79 Å². The molecular formula is C13H14O3. The van der Waals surface area contributed by atoms with Gasteiger partial charge in [0.05, 0.1) is 6.61 Å². The summed E-state index contributed by atoms with van der Waals surface area (Å²) in [4.78, 5) is 10.8. The molecule has 0 aromatic heterocycles. The Morgan fingerprint density at radius 2 is 2.19 bits per heavy atom. The van der Waals surface area contributed by atoms with Gasteiger partial charge >= 0.3 is 6.16 Å². The number of rotatable bonds is 2. The van der Waals surface area contributed by atoms with Crippen LogP contribution in [0.15, 0.2) is 24.3 Å². The molecule has 0 bridgehead atoms. The molecule has 1 aromatic rings. The Kier molecular flexibility index (Phi) is 4.94. The van der Waals surface area contributed by atoms with Crippen LogP contribution in [0.2, 0.25) is 0 Å². The molecule has 0 saturated carbocycles. The van der Waals surface area contributed by atoms with Gasteiger partial charge in [-0.15, -0.1) is 0 Å². The van der Waals surface area contributed by atoms with Crippen molar-refractivity contribution in [2.75, 3.05) is 13.2 Å². The normalized spacial score (nSPS) is 8.88. The van der Waals surface area contributed by atoms with Crippen LogP contribution in [0.1, 0.15) is 18.1 Å². The number of hydrogen-bond acceptors (Lipinski definition) is 3. The Morgan fingerprint density at radius 1 is 1.38 bits per heavy atom. The molecule has 1 rings (SSSR count). The summed E-state index contributed by atoms with van der Waals surface area (Å²) in [5.74, 6) is 5.65. The van der Waals surface area contributed by atoms with Gasteiger partial charge in [0.25, 0.3) is 0 Å². The Morgan fingerprint density at radius 3 is 2.88 bits per heavy atom. The number of carbonyl (C=O) groups is 1. The standard InChI is InChI=1S/C13H14O3/c1-3-15-13(14)16-9-5-8-12-7-4-6-11(2)10-12/h4,6-7,10H,3,9H2,1-2H3. The molecule has 0 atom stereocenters. The van der Waals surface area contributed by atoms with Gasteiger partial charge in [-0.2, -0.15) is 0 Å². The molecule has 84 valence electrons. The third kappa shape index (κ3) is 4.52. The number of aryl methyl sites for hydroxylation is 1. The van der Waals surface area contributed by atoms with Gasteiger partial charge in [0.15, 0.2) is 6.61 Å². The van der Waals surface area contributed by atoms with Crippen LogP contribution >= 0.6 is 0 Å². The van der Waals surface area contributed by atoms with E-state index in [1.807, 2.05) is 31.2 Å². The first kappa shape index (κ1) is 12.1. The highest BCUT2D eigenvalue weighted by Gasteiger charge is 1.98. The molecule has 0 saturated heterocycles. The molecule has 3 nitrogen and oxygen atoms in total. The average molecular weight is 218 g/mol. The van der Waals surface area contributed by atoms with E-state index in [4.69, 9.17) is 4.74 Å². The zero-order valence-corrected chi connectivity index (χ0v) is 9.45. The fourth-order valence-electron chi connectivity index (χ4n) is 1.12. The smallest absolute Gasteiger partial charge is 0.435 e. The molecule has 3 heteroatoms. The van der Waals surface area contributed by atoms with Crippen molar-refractivity contribution in [3.63, 3.8) is 0 Å². The quantitative estimate of drug-likeness (QED) is 0.565. The third-order valence-electron chi connectivity index (χ3n) is 1.78. The molecule has 0 aliphatic heterocycles. The largest absolute Gasteiger partial charge is 0.509 e. The second kappa shape index (κ2) is 6.52. The van der Waals surface area contributed by atoms with E-state index in [0.717, 1.165) is 11.1 Å². The van der Waals surface area contributed by atoms with Crippen molar-refractivity contribution < 1.29 is 14.3 Å². The first-order valence-electron chi connectivity index (χ1n) is 5.07. The lowest BCUT2D eigenvalue weighted by Gasteiger charge is -1.98. The Bertz CT molecular complexity index is 413. The fraction of sp³-hybridized carbons (Fsp3) is 0.308. The first-order valence-corrected chi connectivity index (χ1v) is 5.07. The van der Waals surface area contributed by atoms with Crippen LogP contribution in [0.3, 0.4) is 0 Å². The summed E-state index contributed by atoms with van der Waals surface area (Å²) in [6, 6.07) is 7.81. The summed E-state index contributed by atoms with van der Waals surface area (Å²) < 4.78 is 9.28. The molecule has 0 unspecified atom stereocenters. The Balaban J connectivity index is 2.41. The zero-order valence-electron chi connectivity index (χ0n) is 9.45. The number of hydrogen-bond donors (Lipinski definition) is 0. The van der Waals surface area contributed by atoms with Crippen LogP contribution < -0.4 is 0 Å². The minimum atomic E-state index is -0.680. The third-order valence-corrected chi connectivity index (χ3v) is 1.78. The maximum absolute atomic E-state index is 10.8. The van der Waals surface area contributed by atoms with Crippen LogP contribution in [-0.2, 0) is 9.47 Å². The molecular weight excluding hydrogens is 204 g/mol. The van der Waals surface area contributed by atoms with Crippen molar-refractivity contribution >= 4 is 6.16 Å². The highest BCUT2D eigenvalue weighted by molar-refractivity contribution is 5.60. The second-order valence-corrected chi connectivity index (χ2v) is 3.14. The van der Waals surface area contributed by atoms with E-state index in [2.05, 4.69) is 16.6 Å². The summed E-state index contributed by atoms with van der Waals surface area (Å²) in [6.45, 7) is 4.08. The maximum atomic E-state index is 10.8. The van der Waals surface area contributed by atoms with Crippen molar-refractivity contribution in [2.24, 2.45) is 0 Å². The van der Waals surface area contributed by atoms with Gasteiger partial charge in [-0.05, 0) is 31.5 Å². The monoisotopic (exact) mass is 218 g/mol. The van der Waals surface area contributed by atoms with E-state index in [1.165, 1.54) is 0 Å². The minimum Gasteiger partial charge on any atom is -0.435 e. The predicted octanol–water partition coefficient (Wildman–Crippen LogP) is 2.52. The second-order valence-electron chi connectivity index (χ2n) is 3.14. The summed E-state index contributed by atoms with van der Waals surface area (Å²) in [5, 5.41) is 0. The van der Waals surface area contributed by atoms with Crippen LogP contribution in [0, 0.1) is 18.8 Å². The lowest BCUT2D eigenvalue weighted by Crippen LogP contribution is -2.06. The number of benzene rings is 1. The van der Waals surface area contributed by atoms with Crippen molar-refractivity contribution in [1.29, 1.82) is 0 Å². The average Bonchev–Trinajstić information content (AvgIpc) is 2.25. The zero-order chi connectivity index (χ0) is 11.8. The molecule has 1 aromatic carbocycles. The van der Waals surface area contributed by atoms with Gasteiger partial charge in [-0.1, -0.05) is 24.0 Å². The summed E-state index contributed by atoms with van der Waals surface area (Å²) >= 11 is 0. The molecule has 0 aliphatic carbocycles. The minimum absolute atomic E-state index is 0.0484. The molecule has 0 N–H and O–H groups in total. The van der Waals surface area contributed by atoms with Gasteiger partial charge in [-0.3, -0.25) is 0 Å². The summed E-state index contributed by atoms with van der Waals surface area (Å²) in [6.07, 6.45) is -0.680. The molecule has 0 aliphatic rings. The maximum Gasteiger partial charge on any atom is 0.509 e. The number of carbonyl (C=O) groups excluding carboxylic acids is 1. The predicted molar refractivity (Wildman–Crippen MR) is 61.0 cm³/mol. The summed E-state index contributed by atoms with van der Waals surface area (Å²) in [5.41, 5.74) is 2.06.